The van der Waals surface area contributed by atoms with Gasteiger partial charge in [-0.05, 0) is 42.8 Å². The standard InChI is InChI=1S/C23H27N5O4S/c1-16-14-24-23(27-22(16)25-18-5-3-4-17(10-18)15-29)26-19-11-20(28-6-8-32-9-7-28)13-21(12-19)33(2,30)31/h3-5,10-14,29H,6-9,15H2,1-2H3,(H2,24,25,26,27). The Morgan fingerprint density at radius 2 is 1.88 bits per heavy atom. The predicted octanol–water partition coefficient (Wildman–Crippen LogP) is 3.00. The smallest absolute Gasteiger partial charge is 0.229 e. The molecule has 3 aromatic rings. The maximum absolute atomic E-state index is 12.3. The van der Waals surface area contributed by atoms with Crippen molar-refractivity contribution in [1.29, 1.82) is 0 Å². The average molecular weight is 470 g/mol. The Balaban J connectivity index is 1.63. The topological polar surface area (TPSA) is 117 Å². The van der Waals surface area contributed by atoms with Crippen LogP contribution in [0.15, 0.2) is 53.6 Å². The summed E-state index contributed by atoms with van der Waals surface area (Å²) in [6, 6.07) is 12.6. The minimum atomic E-state index is -3.41. The summed E-state index contributed by atoms with van der Waals surface area (Å²) in [6.07, 6.45) is 2.89. The number of benzene rings is 2. The summed E-state index contributed by atoms with van der Waals surface area (Å²) in [7, 11) is -3.41. The molecule has 9 nitrogen and oxygen atoms in total. The summed E-state index contributed by atoms with van der Waals surface area (Å²) in [5.41, 5.74) is 3.81. The van der Waals surface area contributed by atoms with Crippen molar-refractivity contribution in [2.75, 3.05) is 48.1 Å². The number of hydrogen-bond acceptors (Lipinski definition) is 9. The summed E-state index contributed by atoms with van der Waals surface area (Å²) in [4.78, 5) is 11.3. The highest BCUT2D eigenvalue weighted by Gasteiger charge is 2.17. The number of nitrogens with zero attached hydrogens (tertiary/aromatic N) is 3. The molecule has 33 heavy (non-hydrogen) atoms. The number of anilines is 5. The van der Waals surface area contributed by atoms with Gasteiger partial charge in [0, 0.05) is 48.2 Å². The Hall–Kier alpha value is -3.21. The van der Waals surface area contributed by atoms with Gasteiger partial charge >= 0.3 is 0 Å². The number of aromatic nitrogens is 2. The lowest BCUT2D eigenvalue weighted by molar-refractivity contribution is 0.122. The summed E-state index contributed by atoms with van der Waals surface area (Å²) in [5, 5.41) is 15.8. The van der Waals surface area contributed by atoms with Crippen molar-refractivity contribution in [3.63, 3.8) is 0 Å². The Labute approximate surface area is 193 Å². The van der Waals surface area contributed by atoms with Crippen LogP contribution in [0.4, 0.5) is 28.8 Å². The quantitative estimate of drug-likeness (QED) is 0.480. The molecule has 2 aromatic carbocycles. The van der Waals surface area contributed by atoms with Crippen molar-refractivity contribution >= 4 is 38.7 Å². The fourth-order valence-corrected chi connectivity index (χ4v) is 4.19. The minimum absolute atomic E-state index is 0.0484. The largest absolute Gasteiger partial charge is 0.392 e. The highest BCUT2D eigenvalue weighted by atomic mass is 32.2. The Bertz CT molecular complexity index is 1240. The van der Waals surface area contributed by atoms with E-state index in [1.807, 2.05) is 37.3 Å². The molecule has 0 radical (unpaired) electrons. The minimum Gasteiger partial charge on any atom is -0.392 e. The first-order chi connectivity index (χ1) is 15.8. The normalized spacial score (nSPS) is 14.2. The molecule has 1 aliphatic heterocycles. The van der Waals surface area contributed by atoms with E-state index in [1.165, 1.54) is 6.26 Å². The number of ether oxygens (including phenoxy) is 1. The van der Waals surface area contributed by atoms with E-state index in [0.29, 0.717) is 43.8 Å². The number of aliphatic hydroxyl groups excluding tert-OH is 1. The monoisotopic (exact) mass is 469 g/mol. The van der Waals surface area contributed by atoms with Crippen LogP contribution in [-0.2, 0) is 21.2 Å². The van der Waals surface area contributed by atoms with Gasteiger partial charge in [-0.15, -0.1) is 0 Å². The Morgan fingerprint density at radius 3 is 2.61 bits per heavy atom. The highest BCUT2D eigenvalue weighted by Crippen LogP contribution is 2.28. The van der Waals surface area contributed by atoms with Gasteiger partial charge in [0.2, 0.25) is 5.95 Å². The first-order valence-corrected chi connectivity index (χ1v) is 12.5. The first-order valence-electron chi connectivity index (χ1n) is 10.6. The van der Waals surface area contributed by atoms with Gasteiger partial charge in [0.05, 0.1) is 24.7 Å². The van der Waals surface area contributed by atoms with Crippen LogP contribution < -0.4 is 15.5 Å². The van der Waals surface area contributed by atoms with Crippen LogP contribution in [0.2, 0.25) is 0 Å². The molecule has 0 bridgehead atoms. The summed E-state index contributed by atoms with van der Waals surface area (Å²) < 4.78 is 30.0. The zero-order valence-corrected chi connectivity index (χ0v) is 19.4. The van der Waals surface area contributed by atoms with Crippen molar-refractivity contribution in [3.05, 3.63) is 59.8 Å². The van der Waals surface area contributed by atoms with E-state index in [9.17, 15) is 13.5 Å². The summed E-state index contributed by atoms with van der Waals surface area (Å²) >= 11 is 0. The molecule has 1 aromatic heterocycles. The molecule has 0 saturated carbocycles. The number of rotatable bonds is 7. The maximum Gasteiger partial charge on any atom is 0.229 e. The van der Waals surface area contributed by atoms with Gasteiger partial charge in [-0.1, -0.05) is 12.1 Å². The van der Waals surface area contributed by atoms with Crippen molar-refractivity contribution in [3.8, 4) is 0 Å². The second kappa shape index (κ2) is 9.74. The lowest BCUT2D eigenvalue weighted by atomic mass is 10.2. The van der Waals surface area contributed by atoms with Crippen LogP contribution in [0.3, 0.4) is 0 Å². The SMILES string of the molecule is Cc1cnc(Nc2cc(N3CCOCC3)cc(S(C)(=O)=O)c2)nc1Nc1cccc(CO)c1. The van der Waals surface area contributed by atoms with Gasteiger partial charge in [0.25, 0.3) is 0 Å². The van der Waals surface area contributed by atoms with Crippen LogP contribution in [-0.4, -0.2) is 56.1 Å². The van der Waals surface area contributed by atoms with E-state index < -0.39 is 9.84 Å². The number of hydrogen-bond donors (Lipinski definition) is 3. The van der Waals surface area contributed by atoms with E-state index in [-0.39, 0.29) is 11.5 Å². The molecule has 1 aliphatic rings. The van der Waals surface area contributed by atoms with Crippen LogP contribution in [0.5, 0.6) is 0 Å². The van der Waals surface area contributed by atoms with Crippen LogP contribution in [0.1, 0.15) is 11.1 Å². The molecule has 4 rings (SSSR count). The van der Waals surface area contributed by atoms with Gasteiger partial charge in [-0.3, -0.25) is 0 Å². The molecule has 2 heterocycles. The van der Waals surface area contributed by atoms with Crippen LogP contribution >= 0.6 is 0 Å². The second-order valence-electron chi connectivity index (χ2n) is 7.92. The molecule has 3 N–H and O–H groups in total. The molecular weight excluding hydrogens is 442 g/mol. The summed E-state index contributed by atoms with van der Waals surface area (Å²) in [6.45, 7) is 4.41. The third kappa shape index (κ3) is 5.78. The fraction of sp³-hybridized carbons (Fsp3) is 0.304. The molecular formula is C23H27N5O4S. The van der Waals surface area contributed by atoms with E-state index in [0.717, 1.165) is 22.5 Å². The van der Waals surface area contributed by atoms with Crippen LogP contribution in [0, 0.1) is 6.92 Å². The molecule has 0 spiro atoms. The lowest BCUT2D eigenvalue weighted by Gasteiger charge is -2.29. The molecule has 0 aliphatic carbocycles. The second-order valence-corrected chi connectivity index (χ2v) is 9.94. The highest BCUT2D eigenvalue weighted by molar-refractivity contribution is 7.90. The number of aliphatic hydroxyl groups is 1. The van der Waals surface area contributed by atoms with Gasteiger partial charge in [-0.25, -0.2) is 13.4 Å². The van der Waals surface area contributed by atoms with E-state index >= 15 is 0 Å². The van der Waals surface area contributed by atoms with Crippen molar-refractivity contribution in [2.45, 2.75) is 18.4 Å². The van der Waals surface area contributed by atoms with Crippen molar-refractivity contribution in [2.24, 2.45) is 0 Å². The molecule has 174 valence electrons. The summed E-state index contributed by atoms with van der Waals surface area (Å²) in [5.74, 6) is 0.940. The van der Waals surface area contributed by atoms with E-state index in [4.69, 9.17) is 4.74 Å². The number of sulfone groups is 1. The number of morpholine rings is 1. The van der Waals surface area contributed by atoms with Crippen molar-refractivity contribution in [1.82, 2.24) is 9.97 Å². The molecule has 1 saturated heterocycles. The Kier molecular flexibility index (Phi) is 6.77. The van der Waals surface area contributed by atoms with Crippen molar-refractivity contribution < 1.29 is 18.3 Å². The lowest BCUT2D eigenvalue weighted by Crippen LogP contribution is -2.36. The van der Waals surface area contributed by atoms with Crippen LogP contribution in [0.25, 0.3) is 0 Å². The molecule has 10 heteroatoms. The van der Waals surface area contributed by atoms with Gasteiger partial charge < -0.3 is 25.4 Å². The van der Waals surface area contributed by atoms with E-state index in [2.05, 4.69) is 25.5 Å². The molecule has 1 fully saturated rings. The molecule has 0 amide bonds. The fourth-order valence-electron chi connectivity index (χ4n) is 3.52. The third-order valence-electron chi connectivity index (χ3n) is 5.30. The predicted molar refractivity (Wildman–Crippen MR) is 128 cm³/mol. The number of aryl methyl sites for hydroxylation is 1. The zero-order valence-electron chi connectivity index (χ0n) is 18.6. The van der Waals surface area contributed by atoms with Gasteiger partial charge in [0.1, 0.15) is 5.82 Å². The zero-order chi connectivity index (χ0) is 23.4. The van der Waals surface area contributed by atoms with Gasteiger partial charge in [-0.2, -0.15) is 4.98 Å². The van der Waals surface area contributed by atoms with Gasteiger partial charge in [0.15, 0.2) is 9.84 Å². The van der Waals surface area contributed by atoms with E-state index in [1.54, 1.807) is 18.3 Å². The maximum atomic E-state index is 12.3. The Morgan fingerprint density at radius 1 is 1.09 bits per heavy atom. The molecule has 0 atom stereocenters. The first kappa shape index (κ1) is 23.0. The number of nitrogens with one attached hydrogen (secondary N) is 2. The molecule has 0 unspecified atom stereocenters. The third-order valence-corrected chi connectivity index (χ3v) is 6.39. The average Bonchev–Trinajstić information content (AvgIpc) is 2.81.